The monoisotopic (exact) mass is 392 g/mol. The average Bonchev–Trinajstić information content (AvgIpc) is 2.61. The van der Waals surface area contributed by atoms with Gasteiger partial charge in [0.1, 0.15) is 6.54 Å². The zero-order valence-electron chi connectivity index (χ0n) is 15.4. The second kappa shape index (κ2) is 7.75. The lowest BCUT2D eigenvalue weighted by Crippen LogP contribution is -2.36. The molecule has 0 aromatic heterocycles. The fourth-order valence-corrected chi connectivity index (χ4v) is 3.87. The summed E-state index contributed by atoms with van der Waals surface area (Å²) in [5.74, 6) is -0.751. The van der Waals surface area contributed by atoms with Crippen molar-refractivity contribution >= 4 is 27.4 Å². The first-order chi connectivity index (χ1) is 12.6. The molecule has 0 amide bonds. The van der Waals surface area contributed by atoms with Crippen molar-refractivity contribution in [3.05, 3.63) is 63.2 Å². The number of anilines is 1. The summed E-state index contributed by atoms with van der Waals surface area (Å²) in [5, 5.41) is 11.2. The third-order valence-corrected chi connectivity index (χ3v) is 6.01. The lowest BCUT2D eigenvalue weighted by atomic mass is 10.1. The van der Waals surface area contributed by atoms with Gasteiger partial charge < -0.3 is 4.74 Å². The summed E-state index contributed by atoms with van der Waals surface area (Å²) >= 11 is 0. The van der Waals surface area contributed by atoms with E-state index >= 15 is 0 Å². The Bertz CT molecular complexity index is 1000. The van der Waals surface area contributed by atoms with Crippen molar-refractivity contribution < 1.29 is 22.9 Å². The molecule has 2 aromatic rings. The molecule has 0 saturated heterocycles. The number of nitrogens with zero attached hydrogens (tertiary/aromatic N) is 2. The van der Waals surface area contributed by atoms with Crippen LogP contribution in [0.25, 0.3) is 0 Å². The molecule has 0 aliphatic heterocycles. The van der Waals surface area contributed by atoms with Gasteiger partial charge in [-0.25, -0.2) is 8.42 Å². The van der Waals surface area contributed by atoms with Crippen LogP contribution in [0, 0.1) is 30.9 Å². The van der Waals surface area contributed by atoms with Gasteiger partial charge in [-0.15, -0.1) is 0 Å². The minimum absolute atomic E-state index is 0.270. The molecule has 0 saturated carbocycles. The molecule has 0 fully saturated rings. The van der Waals surface area contributed by atoms with E-state index in [1.165, 1.54) is 19.1 Å². The molecule has 2 aromatic carbocycles. The maximum Gasteiger partial charge on any atom is 0.326 e. The van der Waals surface area contributed by atoms with Crippen molar-refractivity contribution in [2.24, 2.45) is 0 Å². The van der Waals surface area contributed by atoms with Crippen LogP contribution in [0.2, 0.25) is 0 Å². The van der Waals surface area contributed by atoms with Crippen LogP contribution in [-0.2, 0) is 19.6 Å². The van der Waals surface area contributed by atoms with Crippen LogP contribution < -0.4 is 4.31 Å². The quantitative estimate of drug-likeness (QED) is 0.425. The van der Waals surface area contributed by atoms with Crippen molar-refractivity contribution in [1.82, 2.24) is 0 Å². The number of carbonyl (C=O) groups excluding carboxylic acids is 1. The highest BCUT2D eigenvalue weighted by atomic mass is 32.2. The fraction of sp³-hybridized carbons (Fsp3) is 0.278. The van der Waals surface area contributed by atoms with Gasteiger partial charge in [0.2, 0.25) is 0 Å². The van der Waals surface area contributed by atoms with Crippen molar-refractivity contribution in [2.75, 3.05) is 18.0 Å². The third-order valence-electron chi connectivity index (χ3n) is 4.24. The van der Waals surface area contributed by atoms with Crippen LogP contribution >= 0.6 is 0 Å². The van der Waals surface area contributed by atoms with Crippen LogP contribution in [0.1, 0.15) is 16.7 Å². The first-order valence-electron chi connectivity index (χ1n) is 7.99. The van der Waals surface area contributed by atoms with E-state index in [1.807, 2.05) is 13.8 Å². The number of esters is 1. The van der Waals surface area contributed by atoms with Gasteiger partial charge in [0, 0.05) is 11.6 Å². The van der Waals surface area contributed by atoms with E-state index in [2.05, 4.69) is 4.74 Å². The predicted octanol–water partition coefficient (Wildman–Crippen LogP) is 2.89. The highest BCUT2D eigenvalue weighted by Gasteiger charge is 2.29. The average molecular weight is 392 g/mol. The summed E-state index contributed by atoms with van der Waals surface area (Å²) < 4.78 is 31.8. The number of hydrogen-bond acceptors (Lipinski definition) is 6. The molecule has 0 radical (unpaired) electrons. The molecule has 0 aliphatic rings. The summed E-state index contributed by atoms with van der Waals surface area (Å²) in [6.07, 6.45) is 0. The Morgan fingerprint density at radius 1 is 1.07 bits per heavy atom. The maximum atomic E-state index is 13.2. The Morgan fingerprint density at radius 2 is 1.70 bits per heavy atom. The van der Waals surface area contributed by atoms with E-state index < -0.39 is 27.5 Å². The Balaban J connectivity index is 2.63. The molecule has 0 bridgehead atoms. The molecule has 0 atom stereocenters. The van der Waals surface area contributed by atoms with Gasteiger partial charge in [0.15, 0.2) is 0 Å². The Labute approximate surface area is 157 Å². The highest BCUT2D eigenvalue weighted by Crippen LogP contribution is 2.29. The topological polar surface area (TPSA) is 107 Å². The van der Waals surface area contributed by atoms with Crippen molar-refractivity contribution in [3.8, 4) is 0 Å². The van der Waals surface area contributed by atoms with E-state index in [4.69, 9.17) is 0 Å². The summed E-state index contributed by atoms with van der Waals surface area (Å²) in [7, 11) is -3.08. The number of ether oxygens (including phenoxy) is 1. The molecular formula is C18H20N2O6S. The van der Waals surface area contributed by atoms with Gasteiger partial charge in [-0.05, 0) is 50.1 Å². The molecule has 0 heterocycles. The third kappa shape index (κ3) is 4.25. The lowest BCUT2D eigenvalue weighted by molar-refractivity contribution is -0.385. The zero-order chi connectivity index (χ0) is 20.4. The summed E-state index contributed by atoms with van der Waals surface area (Å²) in [6.45, 7) is 4.66. The minimum Gasteiger partial charge on any atom is -0.468 e. The van der Waals surface area contributed by atoms with Crippen molar-refractivity contribution in [2.45, 2.75) is 25.7 Å². The number of rotatable bonds is 6. The normalized spacial score (nSPS) is 11.1. The molecule has 8 nitrogen and oxygen atoms in total. The van der Waals surface area contributed by atoms with E-state index in [0.29, 0.717) is 5.56 Å². The largest absolute Gasteiger partial charge is 0.468 e. The second-order valence-electron chi connectivity index (χ2n) is 6.06. The lowest BCUT2D eigenvalue weighted by Gasteiger charge is -2.24. The van der Waals surface area contributed by atoms with Crippen LogP contribution in [0.3, 0.4) is 0 Å². The van der Waals surface area contributed by atoms with E-state index in [-0.39, 0.29) is 16.3 Å². The molecule has 0 N–H and O–H groups in total. The first kappa shape index (κ1) is 20.4. The summed E-state index contributed by atoms with van der Waals surface area (Å²) in [5.41, 5.74) is 2.10. The number of methoxy groups -OCH3 is 1. The smallest absolute Gasteiger partial charge is 0.326 e. The fourth-order valence-electron chi connectivity index (χ4n) is 2.45. The molecule has 0 unspecified atom stereocenters. The maximum absolute atomic E-state index is 13.2. The number of nitro groups is 1. The molecule has 2 rings (SSSR count). The van der Waals surface area contributed by atoms with Crippen LogP contribution in [0.4, 0.5) is 11.4 Å². The van der Waals surface area contributed by atoms with Gasteiger partial charge in [-0.1, -0.05) is 12.1 Å². The standard InChI is InChI=1S/C18H20N2O6S/c1-12-5-7-15(9-14(12)3)19(11-18(21)26-4)27(24,25)16-8-6-13(2)17(10-16)20(22)23/h5-10H,11H2,1-4H3. The molecule has 144 valence electrons. The van der Waals surface area contributed by atoms with Crippen LogP contribution in [0.15, 0.2) is 41.3 Å². The minimum atomic E-state index is -4.23. The second-order valence-corrected chi connectivity index (χ2v) is 7.92. The van der Waals surface area contributed by atoms with Gasteiger partial charge in [0.05, 0.1) is 22.6 Å². The van der Waals surface area contributed by atoms with Gasteiger partial charge in [0.25, 0.3) is 15.7 Å². The number of nitro benzene ring substituents is 1. The predicted molar refractivity (Wildman–Crippen MR) is 100 cm³/mol. The molecular weight excluding hydrogens is 372 g/mol. The Morgan fingerprint density at radius 3 is 2.26 bits per heavy atom. The molecule has 27 heavy (non-hydrogen) atoms. The van der Waals surface area contributed by atoms with Gasteiger partial charge >= 0.3 is 5.97 Å². The van der Waals surface area contributed by atoms with Crippen molar-refractivity contribution in [1.29, 1.82) is 0 Å². The van der Waals surface area contributed by atoms with E-state index in [0.717, 1.165) is 28.6 Å². The number of sulfonamides is 1. The zero-order valence-corrected chi connectivity index (χ0v) is 16.2. The number of aryl methyl sites for hydroxylation is 3. The molecule has 0 aliphatic carbocycles. The number of carbonyl (C=O) groups is 1. The SMILES string of the molecule is COC(=O)CN(c1ccc(C)c(C)c1)S(=O)(=O)c1ccc(C)c([N+](=O)[O-])c1. The van der Waals surface area contributed by atoms with E-state index in [1.54, 1.807) is 18.2 Å². The van der Waals surface area contributed by atoms with Crippen LogP contribution in [-0.4, -0.2) is 33.0 Å². The highest BCUT2D eigenvalue weighted by molar-refractivity contribution is 7.92. The van der Waals surface area contributed by atoms with Crippen LogP contribution in [0.5, 0.6) is 0 Å². The van der Waals surface area contributed by atoms with Crippen molar-refractivity contribution in [3.63, 3.8) is 0 Å². The molecule has 0 spiro atoms. The Kier molecular flexibility index (Phi) is 5.85. The molecule has 9 heteroatoms. The van der Waals surface area contributed by atoms with Gasteiger partial charge in [-0.2, -0.15) is 0 Å². The number of hydrogen-bond donors (Lipinski definition) is 0. The van der Waals surface area contributed by atoms with Gasteiger partial charge in [-0.3, -0.25) is 19.2 Å². The van der Waals surface area contributed by atoms with E-state index in [9.17, 15) is 23.3 Å². The summed E-state index contributed by atoms with van der Waals surface area (Å²) in [4.78, 5) is 22.1. The summed E-state index contributed by atoms with van der Waals surface area (Å²) in [6, 6.07) is 8.59. The first-order valence-corrected chi connectivity index (χ1v) is 9.43. The Hall–Kier alpha value is -2.94. The number of benzene rings is 2.